The van der Waals surface area contributed by atoms with E-state index in [0.717, 1.165) is 12.0 Å². The summed E-state index contributed by atoms with van der Waals surface area (Å²) in [4.78, 5) is 11.8. The molecule has 0 amide bonds. The molecule has 1 rings (SSSR count). The van der Waals surface area contributed by atoms with Crippen molar-refractivity contribution in [2.75, 3.05) is 0 Å². The van der Waals surface area contributed by atoms with E-state index in [-0.39, 0.29) is 5.78 Å². The topological polar surface area (TPSA) is 17.1 Å². The minimum atomic E-state index is 0.275. The van der Waals surface area contributed by atoms with E-state index in [2.05, 4.69) is 13.0 Å². The molecule has 0 bridgehead atoms. The third-order valence-electron chi connectivity index (χ3n) is 3.44. The summed E-state index contributed by atoms with van der Waals surface area (Å²) in [5.74, 6) is 0.275. The summed E-state index contributed by atoms with van der Waals surface area (Å²) in [6, 6.07) is 8.08. The number of benzene rings is 1. The van der Waals surface area contributed by atoms with E-state index in [1.54, 1.807) is 0 Å². The van der Waals surface area contributed by atoms with Gasteiger partial charge in [0.1, 0.15) is 0 Å². The molecule has 0 aliphatic heterocycles. The lowest BCUT2D eigenvalue weighted by Gasteiger charge is -2.07. The minimum absolute atomic E-state index is 0.275. The molecule has 1 nitrogen and oxygen atoms in total. The van der Waals surface area contributed by atoms with Crippen molar-refractivity contribution in [1.29, 1.82) is 0 Å². The molecule has 1 aromatic rings. The predicted octanol–water partition coefficient (Wildman–Crippen LogP) is 5.18. The van der Waals surface area contributed by atoms with Crippen LogP contribution in [0.4, 0.5) is 0 Å². The first-order valence-corrected chi connectivity index (χ1v) is 7.40. The van der Waals surface area contributed by atoms with Gasteiger partial charge in [-0.2, -0.15) is 0 Å². The highest BCUT2D eigenvalue weighted by Gasteiger charge is 2.07. The number of carbonyl (C=O) groups is 1. The molecule has 0 fully saturated rings. The van der Waals surface area contributed by atoms with Crippen LogP contribution in [0, 0.1) is 0 Å². The maximum Gasteiger partial charge on any atom is 0.162 e. The molecule has 0 saturated carbocycles. The fraction of sp³-hybridized carbons (Fsp3) is 0.588. The van der Waals surface area contributed by atoms with Crippen molar-refractivity contribution in [3.63, 3.8) is 0 Å². The number of hydrogen-bond acceptors (Lipinski definition) is 1. The van der Waals surface area contributed by atoms with E-state index in [0.29, 0.717) is 6.42 Å². The molecule has 0 heterocycles. The van der Waals surface area contributed by atoms with Crippen molar-refractivity contribution in [2.24, 2.45) is 0 Å². The Kier molecular flexibility index (Phi) is 7.40. The molecule has 100 valence electrons. The zero-order chi connectivity index (χ0) is 13.2. The van der Waals surface area contributed by atoms with Gasteiger partial charge in [0.05, 0.1) is 0 Å². The Bertz CT molecular complexity index is 354. The average molecular weight is 246 g/mol. The molecule has 1 heteroatoms. The summed E-state index contributed by atoms with van der Waals surface area (Å²) >= 11 is 0. The normalized spacial score (nSPS) is 10.6. The highest BCUT2D eigenvalue weighted by atomic mass is 16.1. The minimum Gasteiger partial charge on any atom is -0.294 e. The summed E-state index contributed by atoms with van der Waals surface area (Å²) in [6.07, 6.45) is 9.48. The van der Waals surface area contributed by atoms with E-state index >= 15 is 0 Å². The van der Waals surface area contributed by atoms with Gasteiger partial charge < -0.3 is 0 Å². The molecular weight excluding hydrogens is 220 g/mol. The van der Waals surface area contributed by atoms with Gasteiger partial charge in [0.2, 0.25) is 0 Å². The summed E-state index contributed by atoms with van der Waals surface area (Å²) in [5, 5.41) is 0. The number of Topliss-reactive ketones (excluding diaryl/α,β-unsaturated/α-hetero) is 1. The highest BCUT2D eigenvalue weighted by Crippen LogP contribution is 2.15. The van der Waals surface area contributed by atoms with Crippen molar-refractivity contribution in [3.05, 3.63) is 35.4 Å². The molecule has 1 aromatic carbocycles. The van der Waals surface area contributed by atoms with Gasteiger partial charge in [-0.15, -0.1) is 0 Å². The predicted molar refractivity (Wildman–Crippen MR) is 78.1 cm³/mol. The van der Waals surface area contributed by atoms with Gasteiger partial charge in [0.25, 0.3) is 0 Å². The van der Waals surface area contributed by atoms with Crippen LogP contribution in [0.15, 0.2) is 24.3 Å². The van der Waals surface area contributed by atoms with Crippen LogP contribution in [0.5, 0.6) is 0 Å². The maximum atomic E-state index is 11.8. The monoisotopic (exact) mass is 246 g/mol. The fourth-order valence-corrected chi connectivity index (χ4v) is 2.30. The molecule has 0 spiro atoms. The standard InChI is InChI=1S/C17H26O/c1-3-5-6-7-8-9-12-15-13-10-11-14-16(15)17(18)4-2/h10-11,13-14H,3-9,12H2,1-2H3. The van der Waals surface area contributed by atoms with Crippen LogP contribution in [-0.4, -0.2) is 5.78 Å². The number of rotatable bonds is 9. The number of unbranched alkanes of at least 4 members (excludes halogenated alkanes) is 5. The van der Waals surface area contributed by atoms with Gasteiger partial charge in [-0.25, -0.2) is 0 Å². The SMILES string of the molecule is CCCCCCCCc1ccccc1C(=O)CC. The first-order valence-electron chi connectivity index (χ1n) is 7.40. The van der Waals surface area contributed by atoms with Crippen molar-refractivity contribution in [3.8, 4) is 0 Å². The van der Waals surface area contributed by atoms with Gasteiger partial charge in [0, 0.05) is 12.0 Å². The quantitative estimate of drug-likeness (QED) is 0.433. The zero-order valence-corrected chi connectivity index (χ0v) is 11.9. The van der Waals surface area contributed by atoms with Crippen molar-refractivity contribution < 1.29 is 4.79 Å². The van der Waals surface area contributed by atoms with Crippen molar-refractivity contribution >= 4 is 5.78 Å². The molecule has 0 radical (unpaired) electrons. The van der Waals surface area contributed by atoms with E-state index in [4.69, 9.17) is 0 Å². The van der Waals surface area contributed by atoms with Gasteiger partial charge in [-0.05, 0) is 18.4 Å². The number of carbonyl (C=O) groups excluding carboxylic acids is 1. The smallest absolute Gasteiger partial charge is 0.162 e. The van der Waals surface area contributed by atoms with Crippen molar-refractivity contribution in [2.45, 2.75) is 65.2 Å². The molecule has 18 heavy (non-hydrogen) atoms. The summed E-state index contributed by atoms with van der Waals surface area (Å²) in [5.41, 5.74) is 2.17. The lowest BCUT2D eigenvalue weighted by atomic mass is 9.97. The van der Waals surface area contributed by atoms with Gasteiger partial charge >= 0.3 is 0 Å². The second-order valence-corrected chi connectivity index (χ2v) is 4.95. The molecule has 0 N–H and O–H groups in total. The summed E-state index contributed by atoms with van der Waals surface area (Å²) < 4.78 is 0. The van der Waals surface area contributed by atoms with Gasteiger partial charge in [-0.3, -0.25) is 4.79 Å². The molecule has 0 aromatic heterocycles. The molecule has 0 aliphatic rings. The Morgan fingerprint density at radius 1 is 0.944 bits per heavy atom. The van der Waals surface area contributed by atoms with Crippen LogP contribution >= 0.6 is 0 Å². The molecule has 0 atom stereocenters. The summed E-state index contributed by atoms with van der Waals surface area (Å²) in [7, 11) is 0. The number of aryl methyl sites for hydroxylation is 1. The highest BCUT2D eigenvalue weighted by molar-refractivity contribution is 5.97. The Morgan fingerprint density at radius 3 is 2.33 bits per heavy atom. The van der Waals surface area contributed by atoms with Gasteiger partial charge in [-0.1, -0.05) is 70.2 Å². The first-order chi connectivity index (χ1) is 8.79. The molecule has 0 saturated heterocycles. The molecular formula is C17H26O. The zero-order valence-electron chi connectivity index (χ0n) is 11.9. The van der Waals surface area contributed by atoms with Crippen LogP contribution in [-0.2, 0) is 6.42 Å². The fourth-order valence-electron chi connectivity index (χ4n) is 2.30. The maximum absolute atomic E-state index is 11.8. The number of hydrogen-bond donors (Lipinski definition) is 0. The second kappa shape index (κ2) is 8.91. The summed E-state index contributed by atoms with van der Waals surface area (Å²) in [6.45, 7) is 4.18. The van der Waals surface area contributed by atoms with E-state index in [9.17, 15) is 4.79 Å². The average Bonchev–Trinajstić information content (AvgIpc) is 2.42. The van der Waals surface area contributed by atoms with E-state index in [1.807, 2.05) is 25.1 Å². The van der Waals surface area contributed by atoms with E-state index < -0.39 is 0 Å². The van der Waals surface area contributed by atoms with Crippen LogP contribution in [0.3, 0.4) is 0 Å². The lowest BCUT2D eigenvalue weighted by molar-refractivity contribution is 0.0987. The Hall–Kier alpha value is -1.11. The third-order valence-corrected chi connectivity index (χ3v) is 3.44. The van der Waals surface area contributed by atoms with Crippen LogP contribution in [0.2, 0.25) is 0 Å². The van der Waals surface area contributed by atoms with Crippen molar-refractivity contribution in [1.82, 2.24) is 0 Å². The van der Waals surface area contributed by atoms with Crippen LogP contribution in [0.25, 0.3) is 0 Å². The molecule has 0 aliphatic carbocycles. The Morgan fingerprint density at radius 2 is 1.61 bits per heavy atom. The number of ketones is 1. The largest absolute Gasteiger partial charge is 0.294 e. The third kappa shape index (κ3) is 5.03. The molecule has 0 unspecified atom stereocenters. The lowest BCUT2D eigenvalue weighted by Crippen LogP contribution is -2.02. The van der Waals surface area contributed by atoms with E-state index in [1.165, 1.54) is 44.1 Å². The first kappa shape index (κ1) is 14.9. The second-order valence-electron chi connectivity index (χ2n) is 4.95. The van der Waals surface area contributed by atoms with Crippen LogP contribution in [0.1, 0.15) is 74.7 Å². The Balaban J connectivity index is 2.39. The van der Waals surface area contributed by atoms with Crippen LogP contribution < -0.4 is 0 Å². The van der Waals surface area contributed by atoms with Gasteiger partial charge in [0.15, 0.2) is 5.78 Å². The Labute approximate surface area is 112 Å².